The molecule has 0 bridgehead atoms. The average molecular weight is 539 g/mol. The van der Waals surface area contributed by atoms with Crippen molar-refractivity contribution in [2.45, 2.75) is 11.8 Å². The molecule has 3 aromatic rings. The van der Waals surface area contributed by atoms with Crippen LogP contribution in [0.1, 0.15) is 11.1 Å². The number of hydrogen-bond donors (Lipinski definition) is 1. The predicted octanol–water partition coefficient (Wildman–Crippen LogP) is 3.82. The summed E-state index contributed by atoms with van der Waals surface area (Å²) in [5.41, 5.74) is 3.09. The summed E-state index contributed by atoms with van der Waals surface area (Å²) in [6, 6.07) is 16.5. The molecule has 3 rings (SSSR count). The van der Waals surface area contributed by atoms with Crippen LogP contribution in [0.3, 0.4) is 0 Å². The molecule has 3 aromatic carbocycles. The molecule has 1 amide bonds. The Balaban J connectivity index is 1.84. The molecule has 38 heavy (non-hydrogen) atoms. The monoisotopic (exact) mass is 538 g/mol. The van der Waals surface area contributed by atoms with E-state index in [2.05, 4.69) is 17.1 Å². The lowest BCUT2D eigenvalue weighted by atomic mass is 10.2. The summed E-state index contributed by atoms with van der Waals surface area (Å²) in [4.78, 5) is 23.1. The summed E-state index contributed by atoms with van der Waals surface area (Å²) in [5.74, 6) is 0.392. The molecular formula is C26H26N4O7S. The number of carbonyl (C=O) groups is 1. The SMILES string of the molecule is C=CCOc1ccc(/C=N\NC(=O)CN(c2ccc(OC)cc2)S(=O)(=O)c2ccc(C)c([N+](=O)[O-])c2)cc1. The van der Waals surface area contributed by atoms with Gasteiger partial charge in [-0.15, -0.1) is 0 Å². The van der Waals surface area contributed by atoms with Crippen LogP contribution < -0.4 is 19.2 Å². The molecule has 0 saturated heterocycles. The molecule has 0 aromatic heterocycles. The minimum Gasteiger partial charge on any atom is -0.497 e. The number of nitrogens with one attached hydrogen (secondary N) is 1. The minimum atomic E-state index is -4.38. The van der Waals surface area contributed by atoms with Gasteiger partial charge in [0.2, 0.25) is 0 Å². The van der Waals surface area contributed by atoms with E-state index in [1.807, 2.05) is 0 Å². The van der Waals surface area contributed by atoms with Gasteiger partial charge in [-0.2, -0.15) is 5.10 Å². The standard InChI is InChI=1S/C26H26N4O7S/c1-4-15-37-23-10-6-20(7-11-23)17-27-28-26(31)18-29(21-8-12-22(36-3)13-9-21)38(34,35)24-14-5-19(2)25(16-24)30(32)33/h4-14,16-17H,1,15,18H2,2-3H3,(H,28,31)/b27-17-. The van der Waals surface area contributed by atoms with Gasteiger partial charge in [0.25, 0.3) is 21.6 Å². The number of methoxy groups -OCH3 is 1. The predicted molar refractivity (Wildman–Crippen MR) is 143 cm³/mol. The van der Waals surface area contributed by atoms with Gasteiger partial charge >= 0.3 is 0 Å². The van der Waals surface area contributed by atoms with Crippen molar-refractivity contribution in [3.05, 3.63) is 101 Å². The highest BCUT2D eigenvalue weighted by molar-refractivity contribution is 7.92. The highest BCUT2D eigenvalue weighted by Gasteiger charge is 2.29. The zero-order chi connectivity index (χ0) is 27.7. The van der Waals surface area contributed by atoms with Crippen LogP contribution in [-0.4, -0.2) is 45.7 Å². The highest BCUT2D eigenvalue weighted by atomic mass is 32.2. The van der Waals surface area contributed by atoms with E-state index >= 15 is 0 Å². The Morgan fingerprint density at radius 2 is 1.76 bits per heavy atom. The minimum absolute atomic E-state index is 0.156. The fraction of sp³-hybridized carbons (Fsp3) is 0.154. The van der Waals surface area contributed by atoms with Crippen molar-refractivity contribution >= 4 is 33.5 Å². The number of nitrogens with zero attached hydrogens (tertiary/aromatic N) is 3. The van der Waals surface area contributed by atoms with Crippen molar-refractivity contribution in [2.24, 2.45) is 5.10 Å². The Morgan fingerprint density at radius 3 is 2.37 bits per heavy atom. The van der Waals surface area contributed by atoms with Crippen LogP contribution in [0.25, 0.3) is 0 Å². The first-order valence-corrected chi connectivity index (χ1v) is 12.7. The zero-order valence-electron chi connectivity index (χ0n) is 20.7. The van der Waals surface area contributed by atoms with Crippen molar-refractivity contribution in [3.63, 3.8) is 0 Å². The largest absolute Gasteiger partial charge is 0.497 e. The molecule has 0 spiro atoms. The topological polar surface area (TPSA) is 140 Å². The van der Waals surface area contributed by atoms with Gasteiger partial charge in [-0.05, 0) is 67.1 Å². The first kappa shape index (κ1) is 27.9. The number of amides is 1. The number of carbonyl (C=O) groups excluding carboxylic acids is 1. The van der Waals surface area contributed by atoms with Crippen LogP contribution in [-0.2, 0) is 14.8 Å². The van der Waals surface area contributed by atoms with E-state index in [4.69, 9.17) is 9.47 Å². The van der Waals surface area contributed by atoms with Gasteiger partial charge in [0.05, 0.1) is 28.8 Å². The van der Waals surface area contributed by atoms with Gasteiger partial charge in [0.15, 0.2) is 0 Å². The number of ether oxygens (including phenoxy) is 2. The average Bonchev–Trinajstić information content (AvgIpc) is 2.91. The third kappa shape index (κ3) is 6.95. The van der Waals surface area contributed by atoms with Crippen LogP contribution in [0.15, 0.2) is 89.4 Å². The summed E-state index contributed by atoms with van der Waals surface area (Å²) in [6.07, 6.45) is 3.02. The van der Waals surface area contributed by atoms with Crippen LogP contribution >= 0.6 is 0 Å². The molecule has 0 atom stereocenters. The van der Waals surface area contributed by atoms with Crippen LogP contribution in [0.5, 0.6) is 11.5 Å². The van der Waals surface area contributed by atoms with Crippen molar-refractivity contribution < 1.29 is 27.6 Å². The van der Waals surface area contributed by atoms with E-state index in [9.17, 15) is 23.3 Å². The molecule has 0 aliphatic heterocycles. The maximum atomic E-state index is 13.5. The first-order valence-electron chi connectivity index (χ1n) is 11.2. The molecule has 0 aliphatic carbocycles. The van der Waals surface area contributed by atoms with E-state index < -0.39 is 27.4 Å². The normalized spacial score (nSPS) is 11.1. The number of hydrazone groups is 1. The molecule has 198 valence electrons. The fourth-order valence-corrected chi connectivity index (χ4v) is 4.73. The summed E-state index contributed by atoms with van der Waals surface area (Å²) >= 11 is 0. The smallest absolute Gasteiger partial charge is 0.273 e. The Morgan fingerprint density at radius 1 is 1.11 bits per heavy atom. The summed E-state index contributed by atoms with van der Waals surface area (Å²) in [7, 11) is -2.92. The number of anilines is 1. The van der Waals surface area contributed by atoms with Crippen LogP contribution in [0.4, 0.5) is 11.4 Å². The van der Waals surface area contributed by atoms with Gasteiger partial charge in [-0.3, -0.25) is 19.2 Å². The van der Waals surface area contributed by atoms with Gasteiger partial charge in [0, 0.05) is 11.6 Å². The van der Waals surface area contributed by atoms with Crippen LogP contribution in [0, 0.1) is 17.0 Å². The second-order valence-corrected chi connectivity index (χ2v) is 9.74. The number of rotatable bonds is 12. The van der Waals surface area contributed by atoms with E-state index in [1.54, 1.807) is 30.3 Å². The molecule has 1 N–H and O–H groups in total. The Kier molecular flexibility index (Phi) is 9.17. The number of sulfonamides is 1. The lowest BCUT2D eigenvalue weighted by Gasteiger charge is -2.24. The van der Waals surface area contributed by atoms with Crippen molar-refractivity contribution in [1.82, 2.24) is 5.43 Å². The Labute approximate surface area is 220 Å². The van der Waals surface area contributed by atoms with Crippen molar-refractivity contribution in [2.75, 3.05) is 24.6 Å². The molecule has 0 radical (unpaired) electrons. The maximum absolute atomic E-state index is 13.5. The molecule has 0 saturated carbocycles. The number of aryl methyl sites for hydroxylation is 1. The molecule has 0 aliphatic rings. The quantitative estimate of drug-likeness (QED) is 0.160. The zero-order valence-corrected chi connectivity index (χ0v) is 21.6. The second-order valence-electron chi connectivity index (χ2n) is 7.88. The number of nitro groups is 1. The van der Waals surface area contributed by atoms with Crippen molar-refractivity contribution in [1.29, 1.82) is 0 Å². The van der Waals surface area contributed by atoms with Gasteiger partial charge in [-0.25, -0.2) is 13.8 Å². The lowest BCUT2D eigenvalue weighted by molar-refractivity contribution is -0.385. The number of hydrogen-bond acceptors (Lipinski definition) is 8. The maximum Gasteiger partial charge on any atom is 0.273 e. The van der Waals surface area contributed by atoms with Gasteiger partial charge < -0.3 is 9.47 Å². The van der Waals surface area contributed by atoms with E-state index in [0.717, 1.165) is 10.4 Å². The van der Waals surface area contributed by atoms with Crippen molar-refractivity contribution in [3.8, 4) is 11.5 Å². The van der Waals surface area contributed by atoms with E-state index in [0.29, 0.717) is 29.2 Å². The van der Waals surface area contributed by atoms with E-state index in [-0.39, 0.29) is 16.3 Å². The third-order valence-electron chi connectivity index (χ3n) is 5.26. The van der Waals surface area contributed by atoms with E-state index in [1.165, 1.54) is 56.6 Å². The summed E-state index contributed by atoms with van der Waals surface area (Å²) < 4.78 is 38.5. The number of benzene rings is 3. The lowest BCUT2D eigenvalue weighted by Crippen LogP contribution is -2.39. The molecule has 0 unspecified atom stereocenters. The second kappa shape index (κ2) is 12.5. The first-order chi connectivity index (χ1) is 18.1. The summed E-state index contributed by atoms with van der Waals surface area (Å²) in [6.45, 7) is 4.82. The molecule has 0 fully saturated rings. The summed E-state index contributed by atoms with van der Waals surface area (Å²) in [5, 5.41) is 15.3. The van der Waals surface area contributed by atoms with Crippen LogP contribution in [0.2, 0.25) is 0 Å². The number of nitro benzene ring substituents is 1. The highest BCUT2D eigenvalue weighted by Crippen LogP contribution is 2.29. The molecular weight excluding hydrogens is 512 g/mol. The Hall–Kier alpha value is -4.71. The van der Waals surface area contributed by atoms with Gasteiger partial charge in [0.1, 0.15) is 24.7 Å². The molecule has 0 heterocycles. The third-order valence-corrected chi connectivity index (χ3v) is 7.03. The fourth-order valence-electron chi connectivity index (χ4n) is 3.29. The van der Waals surface area contributed by atoms with Gasteiger partial charge in [-0.1, -0.05) is 18.7 Å². The molecule has 11 nitrogen and oxygen atoms in total. The Bertz CT molecular complexity index is 1440. The molecule has 12 heteroatoms.